The van der Waals surface area contributed by atoms with Crippen LogP contribution in [0.3, 0.4) is 0 Å². The number of ether oxygens (including phenoxy) is 2. The van der Waals surface area contributed by atoms with E-state index in [1.54, 1.807) is 0 Å². The Bertz CT molecular complexity index is 325. The first-order chi connectivity index (χ1) is 7.40. The highest BCUT2D eigenvalue weighted by Crippen LogP contribution is 2.32. The van der Waals surface area contributed by atoms with Gasteiger partial charge in [0.2, 0.25) is 6.79 Å². The maximum Gasteiger partial charge on any atom is 0.231 e. The lowest BCUT2D eigenvalue weighted by molar-refractivity contribution is 0.174. The Morgan fingerprint density at radius 1 is 1.27 bits per heavy atom. The van der Waals surface area contributed by atoms with Gasteiger partial charge < -0.3 is 14.8 Å². The van der Waals surface area contributed by atoms with E-state index in [1.807, 2.05) is 6.07 Å². The fraction of sp³-hybridized carbons (Fsp3) is 0.500. The van der Waals surface area contributed by atoms with Crippen LogP contribution in [0.25, 0.3) is 0 Å². The highest BCUT2D eigenvalue weighted by Gasteiger charge is 2.12. The van der Waals surface area contributed by atoms with Crippen LogP contribution in [0.15, 0.2) is 18.2 Å². The van der Waals surface area contributed by atoms with Crippen LogP contribution in [0.4, 0.5) is 0 Å². The van der Waals surface area contributed by atoms with Crippen molar-refractivity contribution in [1.29, 1.82) is 0 Å². The number of rotatable bonds is 5. The molecule has 1 N–H and O–H groups in total. The number of fused-ring (bicyclic) bond motifs is 1. The average Bonchev–Trinajstić information content (AvgIpc) is 2.71. The summed E-state index contributed by atoms with van der Waals surface area (Å²) in [6.07, 6.45) is 2.25. The van der Waals surface area contributed by atoms with Crippen molar-refractivity contribution < 1.29 is 9.47 Å². The standard InChI is InChI=1S/C12H17NO2/c1-2-13-7-3-4-10-5-6-11-12(8-10)15-9-14-11/h5-6,8,13H,2-4,7,9H2,1H3. The third-order valence-corrected chi connectivity index (χ3v) is 2.51. The number of nitrogens with one attached hydrogen (secondary N) is 1. The van der Waals surface area contributed by atoms with E-state index in [2.05, 4.69) is 24.4 Å². The van der Waals surface area contributed by atoms with Crippen LogP contribution in [0.1, 0.15) is 18.9 Å². The summed E-state index contributed by atoms with van der Waals surface area (Å²) in [6, 6.07) is 6.18. The molecule has 1 aliphatic heterocycles. The summed E-state index contributed by atoms with van der Waals surface area (Å²) in [7, 11) is 0. The van der Waals surface area contributed by atoms with Gasteiger partial charge in [0.1, 0.15) is 0 Å². The fourth-order valence-corrected chi connectivity index (χ4v) is 1.69. The Morgan fingerprint density at radius 3 is 3.00 bits per heavy atom. The van der Waals surface area contributed by atoms with E-state index in [1.165, 1.54) is 5.56 Å². The molecular weight excluding hydrogens is 190 g/mol. The van der Waals surface area contributed by atoms with Crippen molar-refractivity contribution in [3.8, 4) is 11.5 Å². The third kappa shape index (κ3) is 2.63. The van der Waals surface area contributed by atoms with Gasteiger partial charge in [-0.1, -0.05) is 13.0 Å². The molecule has 0 unspecified atom stereocenters. The lowest BCUT2D eigenvalue weighted by Crippen LogP contribution is -2.14. The van der Waals surface area contributed by atoms with E-state index in [0.29, 0.717) is 6.79 Å². The van der Waals surface area contributed by atoms with Gasteiger partial charge in [-0.15, -0.1) is 0 Å². The van der Waals surface area contributed by atoms with Crippen molar-refractivity contribution in [1.82, 2.24) is 5.32 Å². The molecule has 1 aromatic carbocycles. The summed E-state index contributed by atoms with van der Waals surface area (Å²) in [4.78, 5) is 0. The summed E-state index contributed by atoms with van der Waals surface area (Å²) in [5, 5.41) is 3.31. The first-order valence-corrected chi connectivity index (χ1v) is 5.49. The third-order valence-electron chi connectivity index (χ3n) is 2.51. The molecule has 0 radical (unpaired) electrons. The van der Waals surface area contributed by atoms with Crippen molar-refractivity contribution in [2.24, 2.45) is 0 Å². The Labute approximate surface area is 90.4 Å². The van der Waals surface area contributed by atoms with Gasteiger partial charge in [-0.05, 0) is 43.6 Å². The zero-order valence-corrected chi connectivity index (χ0v) is 9.08. The Hall–Kier alpha value is -1.22. The minimum atomic E-state index is 0.357. The molecule has 2 rings (SSSR count). The van der Waals surface area contributed by atoms with E-state index in [9.17, 15) is 0 Å². The van der Waals surface area contributed by atoms with E-state index in [4.69, 9.17) is 9.47 Å². The Kier molecular flexibility index (Phi) is 3.45. The predicted octanol–water partition coefficient (Wildman–Crippen LogP) is 1.96. The number of hydrogen-bond acceptors (Lipinski definition) is 3. The van der Waals surface area contributed by atoms with Gasteiger partial charge in [-0.25, -0.2) is 0 Å². The molecule has 0 spiro atoms. The molecule has 0 saturated heterocycles. The minimum Gasteiger partial charge on any atom is -0.454 e. The first kappa shape index (κ1) is 10.3. The van der Waals surface area contributed by atoms with E-state index in [-0.39, 0.29) is 0 Å². The summed E-state index contributed by atoms with van der Waals surface area (Å²) < 4.78 is 10.6. The maximum atomic E-state index is 5.33. The average molecular weight is 207 g/mol. The Balaban J connectivity index is 1.87. The molecule has 1 aromatic rings. The van der Waals surface area contributed by atoms with Gasteiger partial charge in [0, 0.05) is 0 Å². The number of benzene rings is 1. The molecule has 0 amide bonds. The second-order valence-corrected chi connectivity index (χ2v) is 3.64. The van der Waals surface area contributed by atoms with Crippen LogP contribution < -0.4 is 14.8 Å². The van der Waals surface area contributed by atoms with Gasteiger partial charge in [-0.3, -0.25) is 0 Å². The lowest BCUT2D eigenvalue weighted by atomic mass is 10.1. The molecule has 1 aliphatic rings. The van der Waals surface area contributed by atoms with Gasteiger partial charge in [0.05, 0.1) is 0 Å². The van der Waals surface area contributed by atoms with Crippen LogP contribution in [0.5, 0.6) is 11.5 Å². The molecule has 1 heterocycles. The molecule has 0 aliphatic carbocycles. The first-order valence-electron chi connectivity index (χ1n) is 5.49. The highest BCUT2D eigenvalue weighted by molar-refractivity contribution is 5.44. The molecule has 15 heavy (non-hydrogen) atoms. The summed E-state index contributed by atoms with van der Waals surface area (Å²) in [5.41, 5.74) is 1.32. The number of aryl methyl sites for hydroxylation is 1. The summed E-state index contributed by atoms with van der Waals surface area (Å²) in [6.45, 7) is 4.60. The fourth-order valence-electron chi connectivity index (χ4n) is 1.69. The van der Waals surface area contributed by atoms with Crippen LogP contribution in [0, 0.1) is 0 Å². The monoisotopic (exact) mass is 207 g/mol. The van der Waals surface area contributed by atoms with Crippen molar-refractivity contribution in [3.63, 3.8) is 0 Å². The molecule has 3 nitrogen and oxygen atoms in total. The van der Waals surface area contributed by atoms with Gasteiger partial charge in [0.25, 0.3) is 0 Å². The van der Waals surface area contributed by atoms with Crippen molar-refractivity contribution >= 4 is 0 Å². The molecule has 82 valence electrons. The van der Waals surface area contributed by atoms with Gasteiger partial charge in [-0.2, -0.15) is 0 Å². The second-order valence-electron chi connectivity index (χ2n) is 3.64. The lowest BCUT2D eigenvalue weighted by Gasteiger charge is -2.03. The molecule has 3 heteroatoms. The van der Waals surface area contributed by atoms with Gasteiger partial charge in [0.15, 0.2) is 11.5 Å². The maximum absolute atomic E-state index is 5.33. The topological polar surface area (TPSA) is 30.5 Å². The SMILES string of the molecule is CCNCCCc1ccc2c(c1)OCO2. The van der Waals surface area contributed by atoms with Gasteiger partial charge >= 0.3 is 0 Å². The van der Waals surface area contributed by atoms with Crippen LogP contribution in [-0.2, 0) is 6.42 Å². The molecule has 0 aromatic heterocycles. The van der Waals surface area contributed by atoms with Crippen molar-refractivity contribution in [3.05, 3.63) is 23.8 Å². The van der Waals surface area contributed by atoms with E-state index in [0.717, 1.165) is 37.4 Å². The normalized spacial score (nSPS) is 13.1. The highest BCUT2D eigenvalue weighted by atomic mass is 16.7. The zero-order valence-electron chi connectivity index (χ0n) is 9.08. The van der Waals surface area contributed by atoms with Crippen LogP contribution in [0.2, 0.25) is 0 Å². The number of hydrogen-bond donors (Lipinski definition) is 1. The molecule has 0 saturated carbocycles. The second kappa shape index (κ2) is 5.03. The summed E-state index contributed by atoms with van der Waals surface area (Å²) in [5.74, 6) is 1.75. The quantitative estimate of drug-likeness (QED) is 0.749. The molecular formula is C12H17NO2. The summed E-state index contributed by atoms with van der Waals surface area (Å²) >= 11 is 0. The smallest absolute Gasteiger partial charge is 0.231 e. The van der Waals surface area contributed by atoms with E-state index >= 15 is 0 Å². The zero-order chi connectivity index (χ0) is 10.5. The predicted molar refractivity (Wildman–Crippen MR) is 59.4 cm³/mol. The largest absolute Gasteiger partial charge is 0.454 e. The molecule has 0 bridgehead atoms. The van der Waals surface area contributed by atoms with Crippen molar-refractivity contribution in [2.45, 2.75) is 19.8 Å². The minimum absolute atomic E-state index is 0.357. The Morgan fingerprint density at radius 2 is 2.13 bits per heavy atom. The van der Waals surface area contributed by atoms with Crippen LogP contribution >= 0.6 is 0 Å². The molecule has 0 atom stereocenters. The molecule has 0 fully saturated rings. The van der Waals surface area contributed by atoms with Crippen molar-refractivity contribution in [2.75, 3.05) is 19.9 Å². The van der Waals surface area contributed by atoms with Crippen LogP contribution in [-0.4, -0.2) is 19.9 Å². The van der Waals surface area contributed by atoms with E-state index < -0.39 is 0 Å².